The van der Waals surface area contributed by atoms with Crippen molar-refractivity contribution in [3.8, 4) is 5.75 Å². The summed E-state index contributed by atoms with van der Waals surface area (Å²) in [7, 11) is 1.68. The Bertz CT molecular complexity index is 1060. The highest BCUT2D eigenvalue weighted by atomic mass is 32.1. The van der Waals surface area contributed by atoms with Gasteiger partial charge in [-0.1, -0.05) is 24.3 Å². The first-order valence-corrected chi connectivity index (χ1v) is 12.2. The molecular weight excluding hydrogens is 435 g/mol. The fourth-order valence-corrected chi connectivity index (χ4v) is 5.62. The van der Waals surface area contributed by atoms with Crippen molar-refractivity contribution in [3.05, 3.63) is 87.4 Å². The van der Waals surface area contributed by atoms with Crippen molar-refractivity contribution in [1.82, 2.24) is 9.80 Å². The third-order valence-corrected chi connectivity index (χ3v) is 7.59. The van der Waals surface area contributed by atoms with Crippen LogP contribution in [0.15, 0.2) is 60.0 Å². The smallest absolute Gasteiger partial charge is 0.219 e. The Balaban J connectivity index is 1.54. The lowest BCUT2D eigenvalue weighted by Gasteiger charge is -2.28. The quantitative estimate of drug-likeness (QED) is 0.441. The third kappa shape index (κ3) is 5.81. The largest absolute Gasteiger partial charge is 0.497 e. The summed E-state index contributed by atoms with van der Waals surface area (Å²) >= 11 is 1.81. The number of halogens is 1. The molecule has 3 aromatic rings. The van der Waals surface area contributed by atoms with Gasteiger partial charge in [0.05, 0.1) is 7.11 Å². The molecule has 2 aromatic carbocycles. The molecule has 1 aliphatic rings. The summed E-state index contributed by atoms with van der Waals surface area (Å²) in [5.41, 5.74) is 3.55. The minimum absolute atomic E-state index is 0.0420. The minimum atomic E-state index is -0.261. The highest BCUT2D eigenvalue weighted by Crippen LogP contribution is 2.36. The summed E-state index contributed by atoms with van der Waals surface area (Å²) in [6, 6.07) is 16.9. The zero-order valence-corrected chi connectivity index (χ0v) is 20.3. The number of hydrogen-bond acceptors (Lipinski definition) is 4. The van der Waals surface area contributed by atoms with Crippen molar-refractivity contribution in [1.29, 1.82) is 0 Å². The van der Waals surface area contributed by atoms with Crippen molar-refractivity contribution in [2.24, 2.45) is 5.92 Å². The molecule has 6 heteroatoms. The Kier molecular flexibility index (Phi) is 7.46. The summed E-state index contributed by atoms with van der Waals surface area (Å²) < 4.78 is 18.7. The van der Waals surface area contributed by atoms with Gasteiger partial charge in [0.2, 0.25) is 5.91 Å². The fraction of sp³-hybridized carbons (Fsp3) is 0.370. The molecule has 1 saturated heterocycles. The molecule has 0 bridgehead atoms. The first kappa shape index (κ1) is 23.5. The lowest BCUT2D eigenvalue weighted by Crippen LogP contribution is -2.35. The molecule has 4 nitrogen and oxygen atoms in total. The summed E-state index contributed by atoms with van der Waals surface area (Å²) in [5, 5.41) is 2.15. The highest BCUT2D eigenvalue weighted by molar-refractivity contribution is 7.10. The van der Waals surface area contributed by atoms with E-state index in [2.05, 4.69) is 35.4 Å². The number of carbonyl (C=O) groups excluding carboxylic acids is 1. The number of benzene rings is 2. The number of thiophene rings is 1. The normalized spacial score (nSPS) is 18.4. The Morgan fingerprint density at radius 2 is 1.85 bits per heavy atom. The number of methoxy groups -OCH3 is 1. The van der Waals surface area contributed by atoms with E-state index < -0.39 is 0 Å². The number of likely N-dealkylation sites (tertiary alicyclic amines) is 1. The van der Waals surface area contributed by atoms with Crippen LogP contribution in [0.2, 0.25) is 0 Å². The van der Waals surface area contributed by atoms with Crippen molar-refractivity contribution in [3.63, 3.8) is 0 Å². The predicted octanol–water partition coefficient (Wildman–Crippen LogP) is 5.47. The second-order valence-electron chi connectivity index (χ2n) is 8.89. The topological polar surface area (TPSA) is 32.8 Å². The van der Waals surface area contributed by atoms with Gasteiger partial charge in [-0.3, -0.25) is 9.69 Å². The number of aryl methyl sites for hydroxylation is 1. The first-order valence-electron chi connectivity index (χ1n) is 11.3. The van der Waals surface area contributed by atoms with E-state index in [-0.39, 0.29) is 11.7 Å². The molecule has 1 fully saturated rings. The second-order valence-corrected chi connectivity index (χ2v) is 9.89. The summed E-state index contributed by atoms with van der Waals surface area (Å²) in [6.45, 7) is 7.77. The van der Waals surface area contributed by atoms with E-state index in [4.69, 9.17) is 4.74 Å². The van der Waals surface area contributed by atoms with Crippen LogP contribution in [0.5, 0.6) is 5.75 Å². The molecule has 1 aromatic heterocycles. The Hall–Kier alpha value is -2.70. The van der Waals surface area contributed by atoms with Gasteiger partial charge in [0.25, 0.3) is 0 Å². The van der Waals surface area contributed by atoms with Crippen LogP contribution in [0.25, 0.3) is 0 Å². The molecule has 0 saturated carbocycles. The Labute approximate surface area is 199 Å². The van der Waals surface area contributed by atoms with E-state index in [0.717, 1.165) is 30.9 Å². The van der Waals surface area contributed by atoms with Crippen LogP contribution in [-0.2, 0) is 17.9 Å². The molecular formula is C27H31FN2O2S. The van der Waals surface area contributed by atoms with Gasteiger partial charge in [0.15, 0.2) is 0 Å². The molecule has 1 aliphatic heterocycles. The second kappa shape index (κ2) is 10.5. The van der Waals surface area contributed by atoms with Crippen LogP contribution in [0.1, 0.15) is 34.4 Å². The molecule has 33 heavy (non-hydrogen) atoms. The third-order valence-electron chi connectivity index (χ3n) is 6.58. The van der Waals surface area contributed by atoms with Gasteiger partial charge in [-0.2, -0.15) is 0 Å². The molecule has 1 amide bonds. The number of amides is 1. The zero-order chi connectivity index (χ0) is 23.4. The van der Waals surface area contributed by atoms with E-state index in [9.17, 15) is 9.18 Å². The van der Waals surface area contributed by atoms with Crippen LogP contribution in [0.3, 0.4) is 0 Å². The van der Waals surface area contributed by atoms with Gasteiger partial charge in [-0.25, -0.2) is 4.39 Å². The number of carbonyl (C=O) groups is 1. The van der Waals surface area contributed by atoms with Gasteiger partial charge in [-0.15, -0.1) is 11.3 Å². The van der Waals surface area contributed by atoms with E-state index in [1.54, 1.807) is 26.2 Å². The average Bonchev–Trinajstić information content (AvgIpc) is 3.40. The molecule has 4 rings (SSSR count). The maximum atomic E-state index is 13.3. The van der Waals surface area contributed by atoms with Crippen molar-refractivity contribution in [2.45, 2.75) is 32.9 Å². The molecule has 0 N–H and O–H groups in total. The molecule has 0 spiro atoms. The number of rotatable bonds is 8. The number of nitrogens with zero attached hydrogens (tertiary/aromatic N) is 2. The van der Waals surface area contributed by atoms with Crippen molar-refractivity contribution < 1.29 is 13.9 Å². The molecule has 0 aliphatic carbocycles. The summed E-state index contributed by atoms with van der Waals surface area (Å²) in [4.78, 5) is 18.3. The lowest BCUT2D eigenvalue weighted by molar-refractivity contribution is -0.130. The maximum absolute atomic E-state index is 13.3. The van der Waals surface area contributed by atoms with Crippen molar-refractivity contribution in [2.75, 3.05) is 26.7 Å². The zero-order valence-electron chi connectivity index (χ0n) is 19.5. The number of ether oxygens (including phenoxy) is 1. The SMILES string of the molecule is COc1ccc(C2CN(Cc3sccc3C)CC2CN(Cc2ccc(F)cc2)C(C)=O)cc1. The van der Waals surface area contributed by atoms with E-state index in [1.807, 2.05) is 28.4 Å². The summed E-state index contributed by atoms with van der Waals surface area (Å²) in [5.74, 6) is 1.26. The van der Waals surface area contributed by atoms with Crippen LogP contribution in [0.4, 0.5) is 4.39 Å². The van der Waals surface area contributed by atoms with Crippen molar-refractivity contribution >= 4 is 17.2 Å². The maximum Gasteiger partial charge on any atom is 0.219 e. The Morgan fingerprint density at radius 1 is 1.12 bits per heavy atom. The molecule has 0 radical (unpaired) electrons. The number of hydrogen-bond donors (Lipinski definition) is 0. The van der Waals surface area contributed by atoms with Gasteiger partial charge >= 0.3 is 0 Å². The van der Waals surface area contributed by atoms with Crippen LogP contribution in [-0.4, -0.2) is 42.5 Å². The van der Waals surface area contributed by atoms with E-state index in [0.29, 0.717) is 24.9 Å². The predicted molar refractivity (Wildman–Crippen MR) is 131 cm³/mol. The molecule has 2 atom stereocenters. The Morgan fingerprint density at radius 3 is 2.45 bits per heavy atom. The summed E-state index contributed by atoms with van der Waals surface area (Å²) in [6.07, 6.45) is 0. The van der Waals surface area contributed by atoms with Gasteiger partial charge in [0, 0.05) is 50.4 Å². The standard InChI is InChI=1S/C27H31FN2O2S/c1-19-12-13-33-27(19)18-29-15-23(26(17-29)22-6-10-25(32-3)11-7-22)16-30(20(2)31)14-21-4-8-24(28)9-5-21/h4-13,23,26H,14-18H2,1-3H3. The molecule has 174 valence electrons. The van der Waals surface area contributed by atoms with Gasteiger partial charge in [-0.05, 0) is 65.2 Å². The van der Waals surface area contributed by atoms with Crippen LogP contribution >= 0.6 is 11.3 Å². The van der Waals surface area contributed by atoms with Gasteiger partial charge in [0.1, 0.15) is 11.6 Å². The fourth-order valence-electron chi connectivity index (χ4n) is 4.67. The highest BCUT2D eigenvalue weighted by Gasteiger charge is 2.35. The van der Waals surface area contributed by atoms with E-state index in [1.165, 1.54) is 28.1 Å². The monoisotopic (exact) mass is 466 g/mol. The van der Waals surface area contributed by atoms with Crippen LogP contribution in [0, 0.1) is 18.7 Å². The first-order chi connectivity index (χ1) is 15.9. The van der Waals surface area contributed by atoms with Crippen LogP contribution < -0.4 is 4.74 Å². The van der Waals surface area contributed by atoms with E-state index >= 15 is 0 Å². The lowest BCUT2D eigenvalue weighted by atomic mass is 9.88. The minimum Gasteiger partial charge on any atom is -0.497 e. The molecule has 2 heterocycles. The van der Waals surface area contributed by atoms with Gasteiger partial charge < -0.3 is 9.64 Å². The average molecular weight is 467 g/mol. The molecule has 2 unspecified atom stereocenters.